The Morgan fingerprint density at radius 1 is 1.25 bits per heavy atom. The average molecular weight is 218 g/mol. The number of hydrogen-bond donors (Lipinski definition) is 1. The number of hydrogen-bond acceptors (Lipinski definition) is 1. The van der Waals surface area contributed by atoms with Crippen molar-refractivity contribution in [2.75, 3.05) is 0 Å². The fourth-order valence-corrected chi connectivity index (χ4v) is 1.70. The Morgan fingerprint density at radius 3 is 2.31 bits per heavy atom. The van der Waals surface area contributed by atoms with Gasteiger partial charge in [-0.1, -0.05) is 41.5 Å². The van der Waals surface area contributed by atoms with E-state index in [0.29, 0.717) is 0 Å². The number of allylic oxidation sites excluding steroid dienone is 2. The first-order valence-corrected chi connectivity index (χ1v) is 5.85. The number of aryl methyl sites for hydroxylation is 1. The molecule has 1 rings (SSSR count). The van der Waals surface area contributed by atoms with Gasteiger partial charge in [-0.05, 0) is 46.1 Å². The first kappa shape index (κ1) is 13.0. The molecule has 0 aliphatic carbocycles. The van der Waals surface area contributed by atoms with E-state index in [4.69, 9.17) is 0 Å². The van der Waals surface area contributed by atoms with Crippen molar-refractivity contribution in [3.05, 3.63) is 47.0 Å². The van der Waals surface area contributed by atoms with E-state index < -0.39 is 5.60 Å². The van der Waals surface area contributed by atoms with Gasteiger partial charge < -0.3 is 5.11 Å². The Morgan fingerprint density at radius 2 is 1.81 bits per heavy atom. The summed E-state index contributed by atoms with van der Waals surface area (Å²) in [5.41, 5.74) is 2.81. The predicted molar refractivity (Wildman–Crippen MR) is 69.4 cm³/mol. The fraction of sp³-hybridized carbons (Fsp3) is 0.467. The Kier molecular flexibility index (Phi) is 4.31. The maximum absolute atomic E-state index is 10.4. The lowest BCUT2D eigenvalue weighted by Crippen LogP contribution is -2.20. The molecule has 1 atom stereocenters. The highest BCUT2D eigenvalue weighted by Crippen LogP contribution is 2.26. The van der Waals surface area contributed by atoms with E-state index in [1.54, 1.807) is 0 Å². The summed E-state index contributed by atoms with van der Waals surface area (Å²) in [4.78, 5) is 0. The van der Waals surface area contributed by atoms with Crippen molar-refractivity contribution in [3.63, 3.8) is 0 Å². The monoisotopic (exact) mass is 218 g/mol. The molecule has 0 fully saturated rings. The van der Waals surface area contributed by atoms with E-state index in [0.717, 1.165) is 18.4 Å². The molecule has 1 heteroatoms. The minimum Gasteiger partial charge on any atom is -0.385 e. The van der Waals surface area contributed by atoms with Crippen molar-refractivity contribution in [2.45, 2.75) is 46.1 Å². The van der Waals surface area contributed by atoms with Crippen LogP contribution in [0.5, 0.6) is 0 Å². The number of aliphatic hydroxyl groups is 1. The van der Waals surface area contributed by atoms with Gasteiger partial charge in [-0.15, -0.1) is 0 Å². The summed E-state index contributed by atoms with van der Waals surface area (Å²) in [6.45, 7) is 8.11. The topological polar surface area (TPSA) is 20.2 Å². The van der Waals surface area contributed by atoms with Gasteiger partial charge in [-0.3, -0.25) is 0 Å². The third-order valence-electron chi connectivity index (χ3n) is 2.86. The molecule has 0 bridgehead atoms. The van der Waals surface area contributed by atoms with Crippen molar-refractivity contribution < 1.29 is 5.11 Å². The highest BCUT2D eigenvalue weighted by atomic mass is 16.3. The first-order valence-electron chi connectivity index (χ1n) is 5.85. The molecule has 0 amide bonds. The fourth-order valence-electron chi connectivity index (χ4n) is 1.70. The Balaban J connectivity index is 2.69. The predicted octanol–water partition coefficient (Wildman–Crippen LogP) is 3.95. The zero-order valence-electron chi connectivity index (χ0n) is 10.7. The van der Waals surface area contributed by atoms with E-state index in [1.807, 2.05) is 31.2 Å². The van der Waals surface area contributed by atoms with Gasteiger partial charge >= 0.3 is 0 Å². The van der Waals surface area contributed by atoms with Crippen LogP contribution in [0.1, 0.15) is 44.7 Å². The minimum absolute atomic E-state index is 0.723. The van der Waals surface area contributed by atoms with Crippen LogP contribution >= 0.6 is 0 Å². The average Bonchev–Trinajstić information content (AvgIpc) is 2.17. The molecular formula is C15H22O. The molecule has 0 heterocycles. The summed E-state index contributed by atoms with van der Waals surface area (Å²) >= 11 is 0. The Hall–Kier alpha value is -1.08. The molecular weight excluding hydrogens is 196 g/mol. The highest BCUT2D eigenvalue weighted by Gasteiger charge is 2.21. The minimum atomic E-state index is -0.723. The Labute approximate surface area is 98.8 Å². The second kappa shape index (κ2) is 5.31. The molecule has 1 nitrogen and oxygen atoms in total. The molecule has 0 radical (unpaired) electrons. The molecule has 1 aromatic carbocycles. The van der Waals surface area contributed by atoms with Gasteiger partial charge in [0.05, 0.1) is 5.60 Å². The molecule has 0 aliphatic heterocycles. The Bertz CT molecular complexity index is 354. The summed E-state index contributed by atoms with van der Waals surface area (Å²) in [7, 11) is 0. The van der Waals surface area contributed by atoms with E-state index in [2.05, 4.69) is 26.8 Å². The molecule has 0 saturated carbocycles. The van der Waals surface area contributed by atoms with Crippen LogP contribution in [0.25, 0.3) is 0 Å². The molecule has 0 aliphatic rings. The van der Waals surface area contributed by atoms with Crippen molar-refractivity contribution in [2.24, 2.45) is 0 Å². The van der Waals surface area contributed by atoms with Crippen molar-refractivity contribution in [3.8, 4) is 0 Å². The molecule has 0 saturated heterocycles. The van der Waals surface area contributed by atoms with E-state index in [9.17, 15) is 5.11 Å². The van der Waals surface area contributed by atoms with Gasteiger partial charge in [0.1, 0.15) is 0 Å². The third kappa shape index (κ3) is 3.82. The summed E-state index contributed by atoms with van der Waals surface area (Å²) in [5.74, 6) is 0. The van der Waals surface area contributed by atoms with Gasteiger partial charge in [-0.25, -0.2) is 0 Å². The standard InChI is InChI=1S/C15H22O/c1-12(2)6-5-11-15(4,16)14-9-7-13(3)8-10-14/h6-10,16H,5,11H2,1-4H3/t15-/m1/s1. The molecule has 88 valence electrons. The zero-order valence-corrected chi connectivity index (χ0v) is 10.7. The van der Waals surface area contributed by atoms with E-state index >= 15 is 0 Å². The van der Waals surface area contributed by atoms with E-state index in [-0.39, 0.29) is 0 Å². The van der Waals surface area contributed by atoms with Gasteiger partial charge in [0.2, 0.25) is 0 Å². The van der Waals surface area contributed by atoms with Crippen LogP contribution in [-0.2, 0) is 5.60 Å². The quantitative estimate of drug-likeness (QED) is 0.759. The SMILES string of the molecule is CC(C)=CCC[C@@](C)(O)c1ccc(C)cc1. The van der Waals surface area contributed by atoms with E-state index in [1.165, 1.54) is 11.1 Å². The number of rotatable bonds is 4. The van der Waals surface area contributed by atoms with Gasteiger partial charge in [0.15, 0.2) is 0 Å². The number of benzene rings is 1. The summed E-state index contributed by atoms with van der Waals surface area (Å²) in [6.07, 6.45) is 3.85. The molecule has 0 spiro atoms. The molecule has 16 heavy (non-hydrogen) atoms. The lowest BCUT2D eigenvalue weighted by atomic mass is 9.90. The normalized spacial score (nSPS) is 14.3. The molecule has 0 aromatic heterocycles. The van der Waals surface area contributed by atoms with Crippen molar-refractivity contribution >= 4 is 0 Å². The van der Waals surface area contributed by atoms with Crippen LogP contribution in [0.4, 0.5) is 0 Å². The maximum Gasteiger partial charge on any atom is 0.0871 e. The van der Waals surface area contributed by atoms with Crippen LogP contribution < -0.4 is 0 Å². The van der Waals surface area contributed by atoms with Gasteiger partial charge in [0.25, 0.3) is 0 Å². The lowest BCUT2D eigenvalue weighted by molar-refractivity contribution is 0.0487. The maximum atomic E-state index is 10.4. The zero-order chi connectivity index (χ0) is 12.2. The van der Waals surface area contributed by atoms with Gasteiger partial charge in [0, 0.05) is 0 Å². The van der Waals surface area contributed by atoms with Crippen LogP contribution in [0.15, 0.2) is 35.9 Å². The summed E-state index contributed by atoms with van der Waals surface area (Å²) < 4.78 is 0. The van der Waals surface area contributed by atoms with Crippen molar-refractivity contribution in [1.29, 1.82) is 0 Å². The summed E-state index contributed by atoms with van der Waals surface area (Å²) in [5, 5.41) is 10.4. The van der Waals surface area contributed by atoms with Crippen LogP contribution in [0.3, 0.4) is 0 Å². The second-order valence-electron chi connectivity index (χ2n) is 4.96. The third-order valence-corrected chi connectivity index (χ3v) is 2.86. The van der Waals surface area contributed by atoms with Crippen molar-refractivity contribution in [1.82, 2.24) is 0 Å². The lowest BCUT2D eigenvalue weighted by Gasteiger charge is -2.23. The smallest absolute Gasteiger partial charge is 0.0871 e. The summed E-state index contributed by atoms with van der Waals surface area (Å²) in [6, 6.07) is 8.12. The van der Waals surface area contributed by atoms with Crippen LogP contribution in [0, 0.1) is 6.92 Å². The van der Waals surface area contributed by atoms with Crippen LogP contribution in [-0.4, -0.2) is 5.11 Å². The molecule has 0 unspecified atom stereocenters. The van der Waals surface area contributed by atoms with Gasteiger partial charge in [-0.2, -0.15) is 0 Å². The molecule has 1 N–H and O–H groups in total. The first-order chi connectivity index (χ1) is 7.42. The second-order valence-corrected chi connectivity index (χ2v) is 4.96. The molecule has 1 aromatic rings. The van der Waals surface area contributed by atoms with Crippen LogP contribution in [0.2, 0.25) is 0 Å². The highest BCUT2D eigenvalue weighted by molar-refractivity contribution is 5.26. The largest absolute Gasteiger partial charge is 0.385 e.